The van der Waals surface area contributed by atoms with E-state index in [-0.39, 0.29) is 73.3 Å². The van der Waals surface area contributed by atoms with Crippen LogP contribution in [0.2, 0.25) is 0 Å². The van der Waals surface area contributed by atoms with Crippen LogP contribution in [0.5, 0.6) is 23.0 Å². The lowest BCUT2D eigenvalue weighted by Gasteiger charge is -2.13. The molecule has 31 nitrogen and oxygen atoms in total. The number of hydrogen-bond acceptors (Lipinski definition) is 27. The van der Waals surface area contributed by atoms with E-state index in [0.717, 1.165) is 33.7 Å². The van der Waals surface area contributed by atoms with E-state index in [1.165, 1.54) is 66.3 Å². The number of phenolic OH excluding ortho intramolecular Hbond substituents is 4. The quantitative estimate of drug-likeness (QED) is 0.00952. The average Bonchev–Trinajstić information content (AvgIpc) is 0.939. The Morgan fingerprint density at radius 3 is 1.42 bits per heavy atom. The third-order valence-corrected chi connectivity index (χ3v) is 15.3. The number of carboxylic acids is 2. The Bertz CT molecular complexity index is 4940. The van der Waals surface area contributed by atoms with Gasteiger partial charge in [0.15, 0.2) is 28.7 Å². The number of carboxylic acid groups (broad SMARTS) is 2. The van der Waals surface area contributed by atoms with Gasteiger partial charge in [-0.25, -0.2) is 20.1 Å². The number of nitrogens with zero attached hydrogens (tertiary/aromatic N) is 10. The molecule has 0 aliphatic carbocycles. The molecular weight excluding hydrogens is 1250 g/mol. The van der Waals surface area contributed by atoms with Crippen LogP contribution < -0.4 is 5.56 Å². The Morgan fingerprint density at radius 2 is 0.944 bits per heavy atom. The summed E-state index contributed by atoms with van der Waals surface area (Å²) in [4.78, 5) is 34.0. The SMILES string of the molecule is CC#CC#Cn1c(=O)c(N=Nc2c(SOOO)cc3cc(S(=O)(=O)O)c(N=Nc4ccccc4C(=O)O)c(O)c3c2O)c(C)n1C.O=C(O)c1ccccc1N=Nc1c(S(=O)(=O)O)cc2cc(SOOO)c(N=Nc3cccc4ccccc34)c(O)c2c1O.[HH]. The molecule has 35 heteroatoms. The molecule has 0 amide bonds. The van der Waals surface area contributed by atoms with Crippen LogP contribution >= 0.6 is 24.1 Å². The molecule has 1 heterocycles. The molecular formula is C54H40N10O21S4. The Labute approximate surface area is 508 Å². The lowest BCUT2D eigenvalue weighted by atomic mass is 10.1. The van der Waals surface area contributed by atoms with Crippen LogP contribution in [0.25, 0.3) is 32.3 Å². The van der Waals surface area contributed by atoms with Gasteiger partial charge in [-0.3, -0.25) is 18.6 Å². The summed E-state index contributed by atoms with van der Waals surface area (Å²) in [5.41, 5.74) is -3.54. The van der Waals surface area contributed by atoms with E-state index in [4.69, 9.17) is 10.5 Å². The zero-order valence-electron chi connectivity index (χ0n) is 45.0. The molecule has 0 aliphatic heterocycles. The summed E-state index contributed by atoms with van der Waals surface area (Å²) in [6.07, 6.45) is 0. The third-order valence-electron chi connectivity index (χ3n) is 12.3. The minimum Gasteiger partial charge on any atom is -0.505 e. The highest BCUT2D eigenvalue weighted by atomic mass is 32.2. The van der Waals surface area contributed by atoms with E-state index in [1.54, 1.807) is 32.0 Å². The molecule has 0 aliphatic rings. The fourth-order valence-corrected chi connectivity index (χ4v) is 10.5. The normalized spacial score (nSPS) is 11.8. The largest absolute Gasteiger partial charge is 0.505 e. The number of phenols is 4. The summed E-state index contributed by atoms with van der Waals surface area (Å²) in [6, 6.07) is 29.9. The molecule has 9 rings (SSSR count). The summed E-state index contributed by atoms with van der Waals surface area (Å²) in [6.45, 7) is 3.11. The van der Waals surface area contributed by atoms with Crippen molar-refractivity contribution in [1.82, 2.24) is 9.36 Å². The number of carbonyl (C=O) groups is 2. The molecule has 0 spiro atoms. The van der Waals surface area contributed by atoms with Gasteiger partial charge in [0, 0.05) is 19.8 Å². The first-order valence-corrected chi connectivity index (χ1v) is 28.6. The van der Waals surface area contributed by atoms with Gasteiger partial charge < -0.3 is 30.6 Å². The Kier molecular flexibility index (Phi) is 19.9. The number of aromatic hydroxyl groups is 4. The van der Waals surface area contributed by atoms with Crippen molar-refractivity contribution in [2.75, 3.05) is 0 Å². The number of fused-ring (bicyclic) bond motifs is 3. The molecule has 0 fully saturated rings. The molecule has 9 aromatic rings. The van der Waals surface area contributed by atoms with Crippen LogP contribution in [0.4, 0.5) is 45.5 Å². The molecule has 0 bridgehead atoms. The van der Waals surface area contributed by atoms with E-state index in [2.05, 4.69) is 83.5 Å². The van der Waals surface area contributed by atoms with Gasteiger partial charge in [-0.15, -0.1) is 49.6 Å². The molecule has 8 aromatic carbocycles. The second kappa shape index (κ2) is 27.5. The standard InChI is InChI=1S/C27H20N6O11S2.C27H18N4O10S2.H2/c1-4-5-8-11-33-26(36)21(14(2)32(33)3)29-30-22-18(45-44-43-39)12-15-13-19(46(40,41)42)23(25(35)20(15)24(22)34)31-28-17-10-7-6-9-16(17)27(37)38;32-25-22-15(12-20(42-41-40-36)23(25)30-28-18-11-5-7-14-6-1-2-8-16(14)18)13-21(43(37,38)39)24(26(22)33)31-29-19-10-4-3-9-17(19)27(34)35;/h6-7,9-10,12-13,34-35,39H,1-3H3,(H,37,38)(H,40,41,42);1-13,32-33,36H,(H,34,35)(H,37,38,39);1H. The van der Waals surface area contributed by atoms with Crippen molar-refractivity contribution in [2.45, 2.75) is 33.4 Å². The van der Waals surface area contributed by atoms with E-state index in [1.807, 2.05) is 24.3 Å². The molecule has 0 saturated heterocycles. The number of benzene rings is 8. The number of rotatable bonds is 18. The first-order valence-electron chi connectivity index (χ1n) is 24.3. The average molecular weight is 1290 g/mol. The maximum Gasteiger partial charge on any atom is 0.337 e. The number of azo groups is 4. The van der Waals surface area contributed by atoms with Crippen LogP contribution in [0.3, 0.4) is 0 Å². The molecule has 89 heavy (non-hydrogen) atoms. The maximum absolute atomic E-state index is 13.0. The smallest absolute Gasteiger partial charge is 0.337 e. The zero-order chi connectivity index (χ0) is 64.5. The molecule has 0 radical (unpaired) electrons. The Balaban J connectivity index is 0.000000254. The van der Waals surface area contributed by atoms with Crippen LogP contribution in [0, 0.1) is 30.7 Å². The van der Waals surface area contributed by atoms with Crippen molar-refractivity contribution in [3.63, 3.8) is 0 Å². The van der Waals surface area contributed by atoms with Crippen LogP contribution in [-0.2, 0) is 46.0 Å². The second-order valence-corrected chi connectivity index (χ2v) is 21.8. The highest BCUT2D eigenvalue weighted by Crippen LogP contribution is 2.53. The van der Waals surface area contributed by atoms with E-state index in [9.17, 15) is 71.0 Å². The van der Waals surface area contributed by atoms with Crippen LogP contribution in [0.1, 0.15) is 34.8 Å². The third kappa shape index (κ3) is 14.0. The van der Waals surface area contributed by atoms with Gasteiger partial charge >= 0.3 is 17.5 Å². The van der Waals surface area contributed by atoms with Crippen LogP contribution in [-0.4, -0.2) is 88.4 Å². The number of hydrogen-bond donors (Lipinski definition) is 10. The number of aromatic carboxylic acids is 2. The maximum atomic E-state index is 13.0. The Hall–Kier alpha value is -10.5. The van der Waals surface area contributed by atoms with Crippen molar-refractivity contribution < 1.29 is 96.9 Å². The summed E-state index contributed by atoms with van der Waals surface area (Å²) in [5.74, 6) is 1.33. The first-order chi connectivity index (χ1) is 42.4. The molecule has 1 aromatic heterocycles. The lowest BCUT2D eigenvalue weighted by molar-refractivity contribution is -0.432. The molecule has 0 unspecified atom stereocenters. The van der Waals surface area contributed by atoms with Crippen molar-refractivity contribution >= 4 is 134 Å². The predicted octanol–water partition coefficient (Wildman–Crippen LogP) is 13.0. The van der Waals surface area contributed by atoms with E-state index in [0.29, 0.717) is 23.4 Å². The van der Waals surface area contributed by atoms with Gasteiger partial charge in [-0.2, -0.15) is 21.5 Å². The van der Waals surface area contributed by atoms with Crippen molar-refractivity contribution in [1.29, 1.82) is 0 Å². The van der Waals surface area contributed by atoms with Crippen molar-refractivity contribution in [3.8, 4) is 46.8 Å². The van der Waals surface area contributed by atoms with E-state index < -0.39 is 93.0 Å². The fourth-order valence-electron chi connectivity index (χ4n) is 8.20. The topological polar surface area (TPSA) is 467 Å². The van der Waals surface area contributed by atoms with Gasteiger partial charge in [0.2, 0.25) is 0 Å². The summed E-state index contributed by atoms with van der Waals surface area (Å²) < 4.78 is 80.4. The molecule has 0 atom stereocenters. The summed E-state index contributed by atoms with van der Waals surface area (Å²) in [5, 5.41) is 120. The first kappa shape index (κ1) is 64.5. The minimum absolute atomic E-state index is 0. The summed E-state index contributed by atoms with van der Waals surface area (Å²) >= 11 is 0.646. The van der Waals surface area contributed by atoms with Gasteiger partial charge in [-0.1, -0.05) is 76.7 Å². The summed E-state index contributed by atoms with van der Waals surface area (Å²) in [7, 11) is -8.64. The molecule has 10 N–H and O–H groups in total. The molecule has 456 valence electrons. The van der Waals surface area contributed by atoms with Gasteiger partial charge in [0.05, 0.1) is 73.2 Å². The van der Waals surface area contributed by atoms with Gasteiger partial charge in [-0.05, 0) is 90.5 Å². The fraction of sp³-hybridized carbons (Fsp3) is 0.0556. The van der Waals surface area contributed by atoms with Crippen molar-refractivity contribution in [2.24, 2.45) is 48.0 Å². The van der Waals surface area contributed by atoms with Crippen LogP contribution in [0.15, 0.2) is 181 Å². The second-order valence-electron chi connectivity index (χ2n) is 17.5. The Morgan fingerprint density at radius 1 is 0.539 bits per heavy atom. The molecule has 0 saturated carbocycles. The zero-order valence-corrected chi connectivity index (χ0v) is 48.3. The lowest BCUT2D eigenvalue weighted by Crippen LogP contribution is -2.17. The minimum atomic E-state index is -5.11. The number of aromatic nitrogens is 2. The van der Waals surface area contributed by atoms with Gasteiger partial charge in [0.1, 0.15) is 43.9 Å². The predicted molar refractivity (Wildman–Crippen MR) is 316 cm³/mol. The highest BCUT2D eigenvalue weighted by Gasteiger charge is 2.29. The highest BCUT2D eigenvalue weighted by molar-refractivity contribution is 7.95. The monoisotopic (exact) mass is 1290 g/mol. The van der Waals surface area contributed by atoms with E-state index >= 15 is 0 Å². The van der Waals surface area contributed by atoms with Gasteiger partial charge in [0.25, 0.3) is 20.2 Å². The van der Waals surface area contributed by atoms with Crippen molar-refractivity contribution in [3.05, 3.63) is 142 Å².